The van der Waals surface area contributed by atoms with Crippen LogP contribution in [-0.2, 0) is 20.6 Å². The SMILES string of the molecule is C#CCCCCNCc1cc(=O)n(C)c(=O)n1C. The summed E-state index contributed by atoms with van der Waals surface area (Å²) < 4.78 is 2.58. The van der Waals surface area contributed by atoms with Crippen LogP contribution in [-0.4, -0.2) is 15.7 Å². The van der Waals surface area contributed by atoms with Crippen LogP contribution in [0.25, 0.3) is 0 Å². The molecule has 0 radical (unpaired) electrons. The van der Waals surface area contributed by atoms with E-state index >= 15 is 0 Å². The van der Waals surface area contributed by atoms with Gasteiger partial charge in [-0.1, -0.05) is 0 Å². The van der Waals surface area contributed by atoms with Gasteiger partial charge in [-0.25, -0.2) is 4.79 Å². The fourth-order valence-corrected chi connectivity index (χ4v) is 1.64. The van der Waals surface area contributed by atoms with Gasteiger partial charge in [0.15, 0.2) is 0 Å². The predicted octanol–water partition coefficient (Wildman–Crippen LogP) is -0.0229. The lowest BCUT2D eigenvalue weighted by atomic mass is 10.2. The van der Waals surface area contributed by atoms with E-state index in [0.29, 0.717) is 12.2 Å². The molecule has 0 aliphatic heterocycles. The third kappa shape index (κ3) is 3.60. The van der Waals surface area contributed by atoms with E-state index in [-0.39, 0.29) is 11.2 Å². The first-order valence-electron chi connectivity index (χ1n) is 5.98. The van der Waals surface area contributed by atoms with E-state index in [2.05, 4.69) is 11.2 Å². The Morgan fingerprint density at radius 1 is 1.28 bits per heavy atom. The summed E-state index contributed by atoms with van der Waals surface area (Å²) in [6.07, 6.45) is 7.91. The smallest absolute Gasteiger partial charge is 0.311 e. The molecule has 0 fully saturated rings. The van der Waals surface area contributed by atoms with Gasteiger partial charge in [0.05, 0.1) is 0 Å². The highest BCUT2D eigenvalue weighted by Crippen LogP contribution is 1.93. The van der Waals surface area contributed by atoms with E-state index in [0.717, 1.165) is 30.4 Å². The topological polar surface area (TPSA) is 56.0 Å². The van der Waals surface area contributed by atoms with E-state index < -0.39 is 0 Å². The summed E-state index contributed by atoms with van der Waals surface area (Å²) in [4.78, 5) is 23.1. The summed E-state index contributed by atoms with van der Waals surface area (Å²) in [7, 11) is 3.14. The van der Waals surface area contributed by atoms with E-state index in [9.17, 15) is 9.59 Å². The number of nitrogens with zero attached hydrogens (tertiary/aromatic N) is 2. The van der Waals surface area contributed by atoms with Gasteiger partial charge in [-0.05, 0) is 19.4 Å². The molecule has 0 aliphatic rings. The van der Waals surface area contributed by atoms with Crippen LogP contribution in [0.3, 0.4) is 0 Å². The molecular formula is C13H19N3O2. The molecule has 1 heterocycles. The van der Waals surface area contributed by atoms with Gasteiger partial charge < -0.3 is 5.32 Å². The minimum Gasteiger partial charge on any atom is -0.311 e. The van der Waals surface area contributed by atoms with Crippen LogP contribution in [0.1, 0.15) is 25.0 Å². The van der Waals surface area contributed by atoms with Crippen molar-refractivity contribution in [2.45, 2.75) is 25.8 Å². The van der Waals surface area contributed by atoms with Gasteiger partial charge in [0.2, 0.25) is 0 Å². The number of hydrogen-bond donors (Lipinski definition) is 1. The van der Waals surface area contributed by atoms with Crippen molar-refractivity contribution in [1.82, 2.24) is 14.5 Å². The molecule has 0 saturated carbocycles. The minimum atomic E-state index is -0.299. The van der Waals surface area contributed by atoms with Gasteiger partial charge in [-0.15, -0.1) is 12.3 Å². The van der Waals surface area contributed by atoms with Crippen LogP contribution < -0.4 is 16.6 Å². The lowest BCUT2D eigenvalue weighted by Gasteiger charge is -2.10. The van der Waals surface area contributed by atoms with E-state index in [1.165, 1.54) is 17.7 Å². The maximum atomic E-state index is 11.7. The number of hydrogen-bond acceptors (Lipinski definition) is 3. The molecule has 1 aromatic rings. The Morgan fingerprint density at radius 2 is 2.00 bits per heavy atom. The molecule has 0 aliphatic carbocycles. The first-order valence-corrected chi connectivity index (χ1v) is 5.98. The summed E-state index contributed by atoms with van der Waals surface area (Å²) in [6.45, 7) is 1.34. The highest BCUT2D eigenvalue weighted by Gasteiger charge is 2.04. The van der Waals surface area contributed by atoms with Crippen LogP contribution in [0.2, 0.25) is 0 Å². The van der Waals surface area contributed by atoms with Crippen LogP contribution in [0, 0.1) is 12.3 Å². The summed E-state index contributed by atoms with van der Waals surface area (Å²) in [5.74, 6) is 2.59. The number of terminal acetylenes is 1. The van der Waals surface area contributed by atoms with Gasteiger partial charge in [0.25, 0.3) is 5.56 Å². The zero-order chi connectivity index (χ0) is 13.5. The number of nitrogens with one attached hydrogen (secondary N) is 1. The largest absolute Gasteiger partial charge is 0.330 e. The Labute approximate surface area is 106 Å². The maximum Gasteiger partial charge on any atom is 0.330 e. The van der Waals surface area contributed by atoms with Crippen LogP contribution >= 0.6 is 0 Å². The van der Waals surface area contributed by atoms with E-state index in [4.69, 9.17) is 6.42 Å². The highest BCUT2D eigenvalue weighted by atomic mass is 16.2. The molecule has 5 heteroatoms. The molecule has 18 heavy (non-hydrogen) atoms. The highest BCUT2D eigenvalue weighted by molar-refractivity contribution is 5.01. The molecule has 0 spiro atoms. The molecule has 0 saturated heterocycles. The lowest BCUT2D eigenvalue weighted by molar-refractivity contribution is 0.581. The summed E-state index contributed by atoms with van der Waals surface area (Å²) >= 11 is 0. The van der Waals surface area contributed by atoms with Crippen molar-refractivity contribution in [2.24, 2.45) is 14.1 Å². The maximum absolute atomic E-state index is 11.7. The molecule has 0 bridgehead atoms. The zero-order valence-corrected chi connectivity index (χ0v) is 10.9. The van der Waals surface area contributed by atoms with Crippen molar-refractivity contribution in [2.75, 3.05) is 6.54 Å². The molecule has 0 amide bonds. The van der Waals surface area contributed by atoms with Crippen LogP contribution in [0.4, 0.5) is 0 Å². The zero-order valence-electron chi connectivity index (χ0n) is 10.9. The predicted molar refractivity (Wildman–Crippen MR) is 71.3 cm³/mol. The molecule has 98 valence electrons. The van der Waals surface area contributed by atoms with E-state index in [1.54, 1.807) is 7.05 Å². The normalized spacial score (nSPS) is 10.3. The molecule has 0 atom stereocenters. The molecular weight excluding hydrogens is 230 g/mol. The van der Waals surface area contributed by atoms with Crippen molar-refractivity contribution in [3.63, 3.8) is 0 Å². The van der Waals surface area contributed by atoms with E-state index in [1.807, 2.05) is 0 Å². The van der Waals surface area contributed by atoms with Crippen molar-refractivity contribution in [3.05, 3.63) is 32.6 Å². The van der Waals surface area contributed by atoms with Gasteiger partial charge in [-0.3, -0.25) is 13.9 Å². The molecule has 1 rings (SSSR count). The van der Waals surface area contributed by atoms with Gasteiger partial charge in [0, 0.05) is 38.8 Å². The Balaban J connectivity index is 2.56. The van der Waals surface area contributed by atoms with Gasteiger partial charge in [-0.2, -0.15) is 0 Å². The van der Waals surface area contributed by atoms with Crippen LogP contribution in [0.5, 0.6) is 0 Å². The lowest BCUT2D eigenvalue weighted by Crippen LogP contribution is -2.39. The Kier molecular flexibility index (Phi) is 5.40. The number of unbranched alkanes of at least 4 members (excludes halogenated alkanes) is 2. The molecule has 0 unspecified atom stereocenters. The molecule has 0 aromatic carbocycles. The Bertz CT molecular complexity index is 549. The number of rotatable bonds is 6. The Hall–Kier alpha value is -1.80. The second kappa shape index (κ2) is 6.82. The molecule has 1 aromatic heterocycles. The van der Waals surface area contributed by atoms with Crippen molar-refractivity contribution < 1.29 is 0 Å². The minimum absolute atomic E-state index is 0.276. The standard InChI is InChI=1S/C13H19N3O2/c1-4-5-6-7-8-14-10-11-9-12(17)16(3)13(18)15(11)2/h1,9,14H,5-8,10H2,2-3H3. The monoisotopic (exact) mass is 249 g/mol. The third-order valence-corrected chi connectivity index (χ3v) is 2.86. The Morgan fingerprint density at radius 3 is 2.67 bits per heavy atom. The summed E-state index contributed by atoms with van der Waals surface area (Å²) in [5.41, 5.74) is 0.119. The second-order valence-electron chi connectivity index (χ2n) is 4.21. The summed E-state index contributed by atoms with van der Waals surface area (Å²) in [5, 5.41) is 3.20. The average Bonchev–Trinajstić information content (AvgIpc) is 2.37. The van der Waals surface area contributed by atoms with Gasteiger partial charge >= 0.3 is 5.69 Å². The molecule has 5 nitrogen and oxygen atoms in total. The fourth-order valence-electron chi connectivity index (χ4n) is 1.64. The molecule has 1 N–H and O–H groups in total. The van der Waals surface area contributed by atoms with Crippen molar-refractivity contribution in [3.8, 4) is 12.3 Å². The second-order valence-corrected chi connectivity index (χ2v) is 4.21. The first-order chi connectivity index (χ1) is 8.57. The van der Waals surface area contributed by atoms with Crippen molar-refractivity contribution >= 4 is 0 Å². The van der Waals surface area contributed by atoms with Gasteiger partial charge in [0.1, 0.15) is 0 Å². The van der Waals surface area contributed by atoms with Crippen LogP contribution in [0.15, 0.2) is 15.7 Å². The average molecular weight is 249 g/mol. The quantitative estimate of drug-likeness (QED) is 0.569. The summed E-state index contributed by atoms with van der Waals surface area (Å²) in [6, 6.07) is 1.48. The van der Waals surface area contributed by atoms with Crippen molar-refractivity contribution in [1.29, 1.82) is 0 Å². The first kappa shape index (κ1) is 14.3. The third-order valence-electron chi connectivity index (χ3n) is 2.86. The number of aromatic nitrogens is 2. The fraction of sp³-hybridized carbons (Fsp3) is 0.538.